The molecule has 0 aliphatic rings. The zero-order valence-corrected chi connectivity index (χ0v) is 15.6. The van der Waals surface area contributed by atoms with Crippen molar-refractivity contribution in [3.05, 3.63) is 28.8 Å². The summed E-state index contributed by atoms with van der Waals surface area (Å²) in [5.74, 6) is -0.520. The van der Waals surface area contributed by atoms with E-state index in [1.165, 1.54) is 20.0 Å². The summed E-state index contributed by atoms with van der Waals surface area (Å²) in [6, 6.07) is -0.978. The number of amides is 1. The van der Waals surface area contributed by atoms with E-state index in [1.54, 1.807) is 10.9 Å². The van der Waals surface area contributed by atoms with Crippen LogP contribution in [0.1, 0.15) is 24.4 Å². The quantitative estimate of drug-likeness (QED) is 0.820. The highest BCUT2D eigenvalue weighted by Gasteiger charge is 2.39. The summed E-state index contributed by atoms with van der Waals surface area (Å²) in [5.41, 5.74) is -0.677. The molecule has 144 valence electrons. The van der Waals surface area contributed by atoms with Gasteiger partial charge in [0.05, 0.1) is 29.1 Å². The minimum atomic E-state index is -4.68. The van der Waals surface area contributed by atoms with Crippen molar-refractivity contribution >= 4 is 23.2 Å². The van der Waals surface area contributed by atoms with E-state index in [9.17, 15) is 18.0 Å². The van der Waals surface area contributed by atoms with E-state index in [0.29, 0.717) is 12.2 Å². The van der Waals surface area contributed by atoms with Crippen molar-refractivity contribution in [2.75, 3.05) is 26.0 Å². The van der Waals surface area contributed by atoms with Crippen molar-refractivity contribution in [1.82, 2.24) is 24.5 Å². The molecule has 11 heteroatoms. The first-order valence-corrected chi connectivity index (χ1v) is 8.18. The van der Waals surface area contributed by atoms with E-state index in [0.717, 1.165) is 11.2 Å². The Bertz CT molecular complexity index is 783. The molecule has 7 nitrogen and oxygen atoms in total. The van der Waals surface area contributed by atoms with Crippen LogP contribution in [0.3, 0.4) is 0 Å². The van der Waals surface area contributed by atoms with Crippen LogP contribution in [0.4, 0.5) is 18.9 Å². The van der Waals surface area contributed by atoms with Gasteiger partial charge in [-0.3, -0.25) is 14.2 Å². The third-order valence-electron chi connectivity index (χ3n) is 3.77. The molecule has 0 saturated heterocycles. The highest BCUT2D eigenvalue weighted by molar-refractivity contribution is 6.32. The molecule has 2 aromatic rings. The minimum absolute atomic E-state index is 0.0725. The van der Waals surface area contributed by atoms with Gasteiger partial charge in [-0.25, -0.2) is 0 Å². The highest BCUT2D eigenvalue weighted by atomic mass is 35.5. The summed E-state index contributed by atoms with van der Waals surface area (Å²) in [5, 5.41) is 9.71. The number of anilines is 1. The largest absolute Gasteiger partial charge is 0.436 e. The molecule has 1 amide bonds. The van der Waals surface area contributed by atoms with Crippen LogP contribution < -0.4 is 5.32 Å². The fourth-order valence-corrected chi connectivity index (χ4v) is 2.50. The van der Waals surface area contributed by atoms with Crippen molar-refractivity contribution in [3.8, 4) is 0 Å². The Hall–Kier alpha value is -2.07. The summed E-state index contributed by atoms with van der Waals surface area (Å²) in [4.78, 5) is 14.4. The van der Waals surface area contributed by atoms with E-state index in [1.807, 2.05) is 19.0 Å². The summed E-state index contributed by atoms with van der Waals surface area (Å²) in [6.45, 7) is 4.24. The number of hydrogen-bond donors (Lipinski definition) is 1. The molecule has 0 spiro atoms. The van der Waals surface area contributed by atoms with Gasteiger partial charge >= 0.3 is 6.18 Å². The Balaban J connectivity index is 2.11. The van der Waals surface area contributed by atoms with Crippen LogP contribution in [-0.2, 0) is 17.5 Å². The van der Waals surface area contributed by atoms with E-state index >= 15 is 0 Å². The average molecular weight is 393 g/mol. The summed E-state index contributed by atoms with van der Waals surface area (Å²) >= 11 is 5.72. The molecule has 2 aromatic heterocycles. The topological polar surface area (TPSA) is 68.0 Å². The van der Waals surface area contributed by atoms with Crippen molar-refractivity contribution < 1.29 is 18.0 Å². The van der Waals surface area contributed by atoms with Crippen LogP contribution in [0.5, 0.6) is 0 Å². The lowest BCUT2D eigenvalue weighted by Crippen LogP contribution is -2.25. The number of aromatic nitrogens is 4. The molecule has 2 heterocycles. The first-order valence-electron chi connectivity index (χ1n) is 7.80. The molecule has 2 rings (SSSR count). The van der Waals surface area contributed by atoms with Gasteiger partial charge in [0.2, 0.25) is 5.91 Å². The lowest BCUT2D eigenvalue weighted by atomic mass is 10.3. The van der Waals surface area contributed by atoms with Crippen LogP contribution in [0.25, 0.3) is 0 Å². The van der Waals surface area contributed by atoms with Crippen LogP contribution >= 0.6 is 11.6 Å². The molecule has 0 saturated carbocycles. The monoisotopic (exact) mass is 392 g/mol. The van der Waals surface area contributed by atoms with E-state index in [2.05, 4.69) is 15.5 Å². The molecule has 1 atom stereocenters. The van der Waals surface area contributed by atoms with Crippen LogP contribution in [0, 0.1) is 6.92 Å². The predicted octanol–water partition coefficient (Wildman–Crippen LogP) is 2.82. The van der Waals surface area contributed by atoms with Crippen molar-refractivity contribution in [2.45, 2.75) is 32.6 Å². The van der Waals surface area contributed by atoms with Gasteiger partial charge in [-0.15, -0.1) is 0 Å². The molecular weight excluding hydrogens is 373 g/mol. The van der Waals surface area contributed by atoms with Gasteiger partial charge < -0.3 is 10.2 Å². The summed E-state index contributed by atoms with van der Waals surface area (Å²) in [7, 11) is 3.86. The van der Waals surface area contributed by atoms with Crippen LogP contribution in [0.15, 0.2) is 12.4 Å². The Kier molecular flexibility index (Phi) is 5.97. The zero-order chi connectivity index (χ0) is 19.6. The van der Waals surface area contributed by atoms with Crippen molar-refractivity contribution in [2.24, 2.45) is 0 Å². The number of alkyl halides is 3. The highest BCUT2D eigenvalue weighted by Crippen LogP contribution is 2.36. The number of carbonyl (C=O) groups excluding carboxylic acids is 1. The molecule has 0 aromatic carbocycles. The molecule has 0 bridgehead atoms. The number of likely N-dealkylation sites (N-methyl/N-ethyl adjacent to an activating group) is 1. The van der Waals surface area contributed by atoms with Gasteiger partial charge in [-0.05, 0) is 27.9 Å². The molecule has 1 N–H and O–H groups in total. The minimum Gasteiger partial charge on any atom is -0.322 e. The van der Waals surface area contributed by atoms with Crippen molar-refractivity contribution in [1.29, 1.82) is 0 Å². The second-order valence-corrected chi connectivity index (χ2v) is 6.53. The predicted molar refractivity (Wildman–Crippen MR) is 91.1 cm³/mol. The maximum Gasteiger partial charge on any atom is 0.436 e. The molecule has 0 aliphatic heterocycles. The smallest absolute Gasteiger partial charge is 0.322 e. The first-order chi connectivity index (χ1) is 12.0. The van der Waals surface area contributed by atoms with E-state index < -0.39 is 28.8 Å². The van der Waals surface area contributed by atoms with Gasteiger partial charge in [0.25, 0.3) is 0 Å². The van der Waals surface area contributed by atoms with Gasteiger partial charge in [-0.2, -0.15) is 23.4 Å². The third-order valence-corrected chi connectivity index (χ3v) is 4.22. The van der Waals surface area contributed by atoms with Gasteiger partial charge in [0.15, 0.2) is 5.69 Å². The third kappa shape index (κ3) is 4.55. The zero-order valence-electron chi connectivity index (χ0n) is 14.8. The second kappa shape index (κ2) is 7.67. The van der Waals surface area contributed by atoms with E-state index in [4.69, 9.17) is 11.6 Å². The number of hydrogen-bond acceptors (Lipinski definition) is 4. The number of rotatable bonds is 6. The molecule has 0 radical (unpaired) electrons. The number of nitrogens with zero attached hydrogens (tertiary/aromatic N) is 5. The van der Waals surface area contributed by atoms with Crippen LogP contribution in [0.2, 0.25) is 5.02 Å². The summed E-state index contributed by atoms with van der Waals surface area (Å²) < 4.78 is 41.4. The number of nitrogens with one attached hydrogen (secondary N) is 1. The average Bonchev–Trinajstić information content (AvgIpc) is 3.09. The van der Waals surface area contributed by atoms with Gasteiger partial charge in [0, 0.05) is 12.7 Å². The number of carbonyl (C=O) groups is 1. The Morgan fingerprint density at radius 3 is 2.62 bits per heavy atom. The Morgan fingerprint density at radius 2 is 2.08 bits per heavy atom. The van der Waals surface area contributed by atoms with E-state index in [-0.39, 0.29) is 5.69 Å². The lowest BCUT2D eigenvalue weighted by Gasteiger charge is -2.13. The molecule has 0 aliphatic carbocycles. The Morgan fingerprint density at radius 1 is 1.42 bits per heavy atom. The first kappa shape index (κ1) is 20.2. The van der Waals surface area contributed by atoms with Gasteiger partial charge in [0.1, 0.15) is 6.04 Å². The van der Waals surface area contributed by atoms with Crippen LogP contribution in [-0.4, -0.2) is 51.0 Å². The summed E-state index contributed by atoms with van der Waals surface area (Å²) in [6.07, 6.45) is -1.56. The maximum absolute atomic E-state index is 12.9. The fourth-order valence-electron chi connectivity index (χ4n) is 2.27. The molecule has 0 fully saturated rings. The van der Waals surface area contributed by atoms with Gasteiger partial charge in [-0.1, -0.05) is 11.6 Å². The SMILES string of the molecule is Cc1c(Cl)c(C(F)(F)F)nn1C(C)C(=O)Nc1cnn(CCN(C)C)c1. The Labute approximate surface area is 153 Å². The molecule has 26 heavy (non-hydrogen) atoms. The second-order valence-electron chi connectivity index (χ2n) is 6.15. The number of halogens is 4. The molecule has 1 unspecified atom stereocenters. The standard InChI is InChI=1S/C15H20ClF3N6O/c1-9-12(16)13(15(17,18)19)22-25(9)10(2)14(26)21-11-7-20-24(8-11)6-5-23(3)4/h7-8,10H,5-6H2,1-4H3,(H,21,26). The fraction of sp³-hybridized carbons (Fsp3) is 0.533. The molecular formula is C15H20ClF3N6O. The van der Waals surface area contributed by atoms with Crippen molar-refractivity contribution in [3.63, 3.8) is 0 Å². The maximum atomic E-state index is 12.9. The normalized spacial score (nSPS) is 13.3. The lowest BCUT2D eigenvalue weighted by molar-refractivity contribution is -0.141.